The molecule has 1 N–H and O–H groups in total. The molecular weight excluding hydrogens is 517 g/mol. The van der Waals surface area contributed by atoms with Crippen LogP contribution in [0.5, 0.6) is 5.75 Å². The van der Waals surface area contributed by atoms with Gasteiger partial charge in [0.15, 0.2) is 0 Å². The molecular formula is C35H32FNO4. The number of aliphatic hydroxyl groups is 1. The van der Waals surface area contributed by atoms with Crippen molar-refractivity contribution in [2.24, 2.45) is 0 Å². The van der Waals surface area contributed by atoms with Gasteiger partial charge in [-0.2, -0.15) is 0 Å². The molecule has 5 aromatic rings. The highest BCUT2D eigenvalue weighted by molar-refractivity contribution is 6.04. The number of fused-ring (bicyclic) bond motifs is 1. The number of methoxy groups -OCH3 is 1. The Hall–Kier alpha value is -4.42. The Balaban J connectivity index is 1.64. The van der Waals surface area contributed by atoms with Gasteiger partial charge in [0, 0.05) is 22.4 Å². The van der Waals surface area contributed by atoms with E-state index in [-0.39, 0.29) is 11.2 Å². The van der Waals surface area contributed by atoms with E-state index in [2.05, 4.69) is 17.6 Å². The van der Waals surface area contributed by atoms with E-state index < -0.39 is 12.1 Å². The predicted molar refractivity (Wildman–Crippen MR) is 158 cm³/mol. The zero-order valence-electron chi connectivity index (χ0n) is 23.4. The van der Waals surface area contributed by atoms with Gasteiger partial charge in [-0.3, -0.25) is 0 Å². The number of nitrogens with zero attached hydrogens (tertiary/aromatic N) is 1. The Kier molecular flexibility index (Phi) is 6.88. The van der Waals surface area contributed by atoms with Crippen molar-refractivity contribution in [3.63, 3.8) is 0 Å². The molecule has 0 saturated heterocycles. The maximum absolute atomic E-state index is 14.4. The lowest BCUT2D eigenvalue weighted by Gasteiger charge is -2.44. The van der Waals surface area contributed by atoms with Crippen LogP contribution >= 0.6 is 0 Å². The molecule has 4 aromatic carbocycles. The fourth-order valence-electron chi connectivity index (χ4n) is 6.12. The fourth-order valence-corrected chi connectivity index (χ4v) is 6.12. The molecule has 0 bridgehead atoms. The maximum Gasteiger partial charge on any atom is 0.337 e. The largest absolute Gasteiger partial charge is 0.488 e. The van der Waals surface area contributed by atoms with E-state index >= 15 is 0 Å². The van der Waals surface area contributed by atoms with Crippen molar-refractivity contribution in [2.75, 3.05) is 7.11 Å². The molecule has 0 atom stereocenters. The summed E-state index contributed by atoms with van der Waals surface area (Å²) < 4.78 is 28.0. The summed E-state index contributed by atoms with van der Waals surface area (Å²) in [6, 6.07) is 28.6. The fraction of sp³-hybridized carbons (Fsp3) is 0.229. The number of hydrogen-bond acceptors (Lipinski definition) is 4. The van der Waals surface area contributed by atoms with Gasteiger partial charge in [-0.05, 0) is 78.9 Å². The van der Waals surface area contributed by atoms with Crippen LogP contribution in [0.4, 0.5) is 4.39 Å². The van der Waals surface area contributed by atoms with E-state index in [9.17, 15) is 14.3 Å². The van der Waals surface area contributed by atoms with Crippen molar-refractivity contribution in [3.05, 3.63) is 119 Å². The number of aromatic nitrogens is 1. The van der Waals surface area contributed by atoms with Gasteiger partial charge < -0.3 is 19.1 Å². The Bertz CT molecular complexity index is 1730. The first-order valence-corrected chi connectivity index (χ1v) is 13.8. The molecule has 6 heteroatoms. The quantitative estimate of drug-likeness (QED) is 0.213. The number of halogens is 1. The number of benzene rings is 4. The molecule has 0 amide bonds. The SMILES string of the molecule is COC(=O)c1ccc(-c2c(C3(C)CC(O)C3)n(-c3ccc(F)c(C)c3)c3cccc(OCc4ccccc4)c23)cc1. The number of esters is 1. The summed E-state index contributed by atoms with van der Waals surface area (Å²) in [7, 11) is 1.37. The summed E-state index contributed by atoms with van der Waals surface area (Å²) in [5.74, 6) is 0.0604. The van der Waals surface area contributed by atoms with Crippen LogP contribution in [0, 0.1) is 12.7 Å². The second-order valence-electron chi connectivity index (χ2n) is 11.1. The molecule has 41 heavy (non-hydrogen) atoms. The third-order valence-corrected chi connectivity index (χ3v) is 8.13. The number of aryl methyl sites for hydroxylation is 1. The molecule has 1 saturated carbocycles. The molecule has 1 fully saturated rings. The minimum absolute atomic E-state index is 0.262. The van der Waals surface area contributed by atoms with Crippen LogP contribution in [0.15, 0.2) is 91.0 Å². The highest BCUT2D eigenvalue weighted by Crippen LogP contribution is 2.52. The summed E-state index contributed by atoms with van der Waals surface area (Å²) in [5.41, 5.74) is 6.37. The average Bonchev–Trinajstić information content (AvgIpc) is 3.33. The van der Waals surface area contributed by atoms with Crippen LogP contribution in [0.25, 0.3) is 27.7 Å². The van der Waals surface area contributed by atoms with Crippen LogP contribution in [0.3, 0.4) is 0 Å². The van der Waals surface area contributed by atoms with Gasteiger partial charge in [0.25, 0.3) is 0 Å². The Labute approximate surface area is 238 Å². The Morgan fingerprint density at radius 3 is 2.39 bits per heavy atom. The minimum Gasteiger partial charge on any atom is -0.488 e. The molecule has 6 rings (SSSR count). The van der Waals surface area contributed by atoms with E-state index in [4.69, 9.17) is 9.47 Å². The normalized spacial score (nSPS) is 18.2. The monoisotopic (exact) mass is 549 g/mol. The number of carbonyl (C=O) groups is 1. The third kappa shape index (κ3) is 4.78. The predicted octanol–water partition coefficient (Wildman–Crippen LogP) is 7.52. The molecule has 0 radical (unpaired) electrons. The summed E-state index contributed by atoms with van der Waals surface area (Å²) in [6.45, 7) is 4.32. The maximum atomic E-state index is 14.4. The number of ether oxygens (including phenoxy) is 2. The zero-order valence-corrected chi connectivity index (χ0v) is 23.4. The molecule has 5 nitrogen and oxygen atoms in total. The molecule has 0 aliphatic heterocycles. The van der Waals surface area contributed by atoms with Gasteiger partial charge in [-0.1, -0.05) is 55.5 Å². The van der Waals surface area contributed by atoms with Gasteiger partial charge in [-0.15, -0.1) is 0 Å². The third-order valence-electron chi connectivity index (χ3n) is 8.13. The topological polar surface area (TPSA) is 60.7 Å². The lowest BCUT2D eigenvalue weighted by Crippen LogP contribution is -2.43. The first-order valence-electron chi connectivity index (χ1n) is 13.8. The molecule has 1 aliphatic rings. The zero-order chi connectivity index (χ0) is 28.7. The number of aliphatic hydroxyl groups excluding tert-OH is 1. The second kappa shape index (κ2) is 10.5. The van der Waals surface area contributed by atoms with Gasteiger partial charge in [0.2, 0.25) is 0 Å². The first kappa shape index (κ1) is 26.8. The van der Waals surface area contributed by atoms with E-state index in [1.165, 1.54) is 13.2 Å². The second-order valence-corrected chi connectivity index (χ2v) is 11.1. The van der Waals surface area contributed by atoms with Crippen LogP contribution in [0.2, 0.25) is 0 Å². The molecule has 1 aromatic heterocycles. The lowest BCUT2D eigenvalue weighted by atomic mass is 9.64. The highest BCUT2D eigenvalue weighted by Gasteiger charge is 2.45. The molecule has 1 aliphatic carbocycles. The first-order chi connectivity index (χ1) is 19.8. The number of carbonyl (C=O) groups excluding carboxylic acids is 1. The molecule has 0 spiro atoms. The molecule has 1 heterocycles. The Morgan fingerprint density at radius 1 is 1.00 bits per heavy atom. The standard InChI is InChI=1S/C35H32FNO4/c1-22-18-26(16-17-28(22)36)37-29-10-7-11-30(41-21-23-8-5-4-6-9-23)32(29)31(33(37)35(2)19-27(38)20-35)24-12-14-25(15-13-24)34(39)40-3/h4-18,27,38H,19-21H2,1-3H3. The van der Waals surface area contributed by atoms with Crippen LogP contribution in [0.1, 0.15) is 46.9 Å². The average molecular weight is 550 g/mol. The van der Waals surface area contributed by atoms with E-state index in [1.807, 2.05) is 60.7 Å². The van der Waals surface area contributed by atoms with Crippen molar-refractivity contribution in [2.45, 2.75) is 44.8 Å². The van der Waals surface area contributed by atoms with E-state index in [0.717, 1.165) is 44.7 Å². The van der Waals surface area contributed by atoms with Gasteiger partial charge in [0.05, 0.1) is 29.7 Å². The van der Waals surface area contributed by atoms with Gasteiger partial charge in [0.1, 0.15) is 18.2 Å². The van der Waals surface area contributed by atoms with Crippen LogP contribution in [-0.4, -0.2) is 28.9 Å². The number of hydrogen-bond donors (Lipinski definition) is 1. The van der Waals surface area contributed by atoms with Gasteiger partial charge in [-0.25, -0.2) is 9.18 Å². The number of rotatable bonds is 7. The molecule has 0 unspecified atom stereocenters. The molecule has 208 valence electrons. The Morgan fingerprint density at radius 2 is 1.73 bits per heavy atom. The summed E-state index contributed by atoms with van der Waals surface area (Å²) in [6.07, 6.45) is 0.790. The van der Waals surface area contributed by atoms with Gasteiger partial charge >= 0.3 is 5.97 Å². The van der Waals surface area contributed by atoms with Crippen LogP contribution < -0.4 is 4.74 Å². The van der Waals surface area contributed by atoms with E-state index in [1.54, 1.807) is 25.1 Å². The summed E-state index contributed by atoms with van der Waals surface area (Å²) >= 11 is 0. The van der Waals surface area contributed by atoms with Crippen molar-refractivity contribution >= 4 is 16.9 Å². The summed E-state index contributed by atoms with van der Waals surface area (Å²) in [4.78, 5) is 12.2. The minimum atomic E-state index is -0.401. The smallest absolute Gasteiger partial charge is 0.337 e. The van der Waals surface area contributed by atoms with Crippen molar-refractivity contribution in [1.82, 2.24) is 4.57 Å². The van der Waals surface area contributed by atoms with Crippen molar-refractivity contribution < 1.29 is 23.8 Å². The van der Waals surface area contributed by atoms with Crippen molar-refractivity contribution in [1.29, 1.82) is 0 Å². The summed E-state index contributed by atoms with van der Waals surface area (Å²) in [5, 5.41) is 11.4. The van der Waals surface area contributed by atoms with E-state index in [0.29, 0.717) is 30.6 Å². The van der Waals surface area contributed by atoms with Crippen LogP contribution in [-0.2, 0) is 16.8 Å². The highest BCUT2D eigenvalue weighted by atomic mass is 19.1. The van der Waals surface area contributed by atoms with Crippen molar-refractivity contribution in [3.8, 4) is 22.6 Å². The lowest BCUT2D eigenvalue weighted by molar-refractivity contribution is 0.0249.